The molecule has 1 heterocycles. The minimum Gasteiger partial charge on any atom is -0.399 e. The van der Waals surface area contributed by atoms with Crippen LogP contribution in [-0.4, -0.2) is 35.2 Å². The summed E-state index contributed by atoms with van der Waals surface area (Å²) in [7, 11) is 0. The van der Waals surface area contributed by atoms with Crippen molar-refractivity contribution in [3.05, 3.63) is 23.8 Å². The van der Waals surface area contributed by atoms with E-state index in [1.807, 2.05) is 0 Å². The van der Waals surface area contributed by atoms with Crippen LogP contribution in [0.15, 0.2) is 18.2 Å². The highest BCUT2D eigenvalue weighted by Gasteiger charge is 2.35. The molecule has 1 atom stereocenters. The minimum absolute atomic E-state index is 0.155. The molecular formula is C13H16N4O3. The molecule has 20 heavy (non-hydrogen) atoms. The van der Waals surface area contributed by atoms with Gasteiger partial charge in [-0.3, -0.25) is 19.7 Å². The van der Waals surface area contributed by atoms with Gasteiger partial charge >= 0.3 is 0 Å². The van der Waals surface area contributed by atoms with Crippen LogP contribution in [0.3, 0.4) is 0 Å². The average molecular weight is 276 g/mol. The zero-order valence-electron chi connectivity index (χ0n) is 11.1. The number of imide groups is 1. The Labute approximate surface area is 115 Å². The van der Waals surface area contributed by atoms with Crippen molar-refractivity contribution in [1.29, 1.82) is 0 Å². The van der Waals surface area contributed by atoms with Gasteiger partial charge in [0.15, 0.2) is 0 Å². The topological polar surface area (TPSA) is 119 Å². The first-order valence-corrected chi connectivity index (χ1v) is 6.23. The third-order valence-corrected chi connectivity index (χ3v) is 3.13. The maximum absolute atomic E-state index is 12.4. The minimum atomic E-state index is -0.664. The predicted octanol–water partition coefficient (Wildman–Crippen LogP) is -0.272. The second-order valence-corrected chi connectivity index (χ2v) is 4.66. The maximum atomic E-state index is 12.4. The zero-order valence-corrected chi connectivity index (χ0v) is 11.1. The Balaban J connectivity index is 2.34. The van der Waals surface area contributed by atoms with Crippen LogP contribution in [0.25, 0.3) is 0 Å². The Bertz CT molecular complexity index is 565. The van der Waals surface area contributed by atoms with Gasteiger partial charge in [-0.15, -0.1) is 0 Å². The molecule has 0 spiro atoms. The molecule has 1 aromatic carbocycles. The summed E-state index contributed by atoms with van der Waals surface area (Å²) < 4.78 is 0. The molecule has 0 saturated carbocycles. The van der Waals surface area contributed by atoms with Crippen molar-refractivity contribution in [2.75, 3.05) is 18.0 Å². The third kappa shape index (κ3) is 2.56. The van der Waals surface area contributed by atoms with E-state index in [4.69, 9.17) is 11.5 Å². The van der Waals surface area contributed by atoms with E-state index in [0.29, 0.717) is 17.8 Å². The first-order valence-electron chi connectivity index (χ1n) is 6.23. The summed E-state index contributed by atoms with van der Waals surface area (Å²) in [6.45, 7) is 1.62. The van der Waals surface area contributed by atoms with E-state index >= 15 is 0 Å². The third-order valence-electron chi connectivity index (χ3n) is 3.13. The van der Waals surface area contributed by atoms with Gasteiger partial charge in [-0.2, -0.15) is 0 Å². The van der Waals surface area contributed by atoms with Crippen LogP contribution < -0.4 is 16.8 Å². The summed E-state index contributed by atoms with van der Waals surface area (Å²) in [4.78, 5) is 36.9. The van der Waals surface area contributed by atoms with Crippen LogP contribution in [0.1, 0.15) is 23.7 Å². The Hall–Kier alpha value is -2.57. The molecule has 3 amide bonds. The van der Waals surface area contributed by atoms with E-state index in [1.54, 1.807) is 6.92 Å². The SMILES string of the molecule is CCC1C(=O)NC(=O)CN1C(=O)c1cc(N)cc(N)c1. The van der Waals surface area contributed by atoms with E-state index in [2.05, 4.69) is 5.32 Å². The molecule has 0 aromatic heterocycles. The lowest BCUT2D eigenvalue weighted by atomic mass is 10.1. The van der Waals surface area contributed by atoms with Gasteiger partial charge in [0.1, 0.15) is 12.6 Å². The number of amides is 3. The van der Waals surface area contributed by atoms with E-state index in [1.165, 1.54) is 23.1 Å². The Morgan fingerprint density at radius 2 is 1.90 bits per heavy atom. The quantitative estimate of drug-likeness (QED) is 0.507. The molecule has 1 aromatic rings. The summed E-state index contributed by atoms with van der Waals surface area (Å²) in [5.74, 6) is -1.39. The molecule has 0 bridgehead atoms. The van der Waals surface area contributed by atoms with Crippen molar-refractivity contribution >= 4 is 29.1 Å². The fourth-order valence-corrected chi connectivity index (χ4v) is 2.25. The highest BCUT2D eigenvalue weighted by atomic mass is 16.2. The van der Waals surface area contributed by atoms with Gasteiger partial charge < -0.3 is 16.4 Å². The highest BCUT2D eigenvalue weighted by molar-refractivity contribution is 6.07. The summed E-state index contributed by atoms with van der Waals surface area (Å²) in [5.41, 5.74) is 12.3. The maximum Gasteiger partial charge on any atom is 0.255 e. The van der Waals surface area contributed by atoms with E-state index in [9.17, 15) is 14.4 Å². The van der Waals surface area contributed by atoms with Crippen molar-refractivity contribution in [3.8, 4) is 0 Å². The van der Waals surface area contributed by atoms with Crippen molar-refractivity contribution in [1.82, 2.24) is 10.2 Å². The molecule has 1 fully saturated rings. The van der Waals surface area contributed by atoms with Gasteiger partial charge in [0.25, 0.3) is 5.91 Å². The molecule has 5 N–H and O–H groups in total. The summed E-state index contributed by atoms with van der Waals surface area (Å²) >= 11 is 0. The van der Waals surface area contributed by atoms with Crippen LogP contribution in [0.2, 0.25) is 0 Å². The van der Waals surface area contributed by atoms with Gasteiger partial charge in [0, 0.05) is 16.9 Å². The fraction of sp³-hybridized carbons (Fsp3) is 0.308. The monoisotopic (exact) mass is 276 g/mol. The lowest BCUT2D eigenvalue weighted by Gasteiger charge is -2.33. The lowest BCUT2D eigenvalue weighted by molar-refractivity contribution is -0.138. The van der Waals surface area contributed by atoms with Crippen molar-refractivity contribution < 1.29 is 14.4 Å². The summed E-state index contributed by atoms with van der Waals surface area (Å²) in [6.07, 6.45) is 0.419. The predicted molar refractivity (Wildman–Crippen MR) is 73.5 cm³/mol. The van der Waals surface area contributed by atoms with Crippen LogP contribution >= 0.6 is 0 Å². The molecule has 1 unspecified atom stereocenters. The number of hydrogen-bond acceptors (Lipinski definition) is 5. The van der Waals surface area contributed by atoms with E-state index < -0.39 is 23.8 Å². The molecule has 0 radical (unpaired) electrons. The number of nitrogen functional groups attached to an aromatic ring is 2. The fourth-order valence-electron chi connectivity index (χ4n) is 2.25. The number of hydrogen-bond donors (Lipinski definition) is 3. The average Bonchev–Trinajstić information content (AvgIpc) is 2.35. The zero-order chi connectivity index (χ0) is 14.9. The highest BCUT2D eigenvalue weighted by Crippen LogP contribution is 2.18. The molecule has 1 aliphatic rings. The van der Waals surface area contributed by atoms with Crippen molar-refractivity contribution in [2.24, 2.45) is 0 Å². The van der Waals surface area contributed by atoms with Gasteiger partial charge in [-0.05, 0) is 24.6 Å². The number of carbonyl (C=O) groups is 3. The van der Waals surface area contributed by atoms with Crippen molar-refractivity contribution in [2.45, 2.75) is 19.4 Å². The molecule has 1 saturated heterocycles. The Morgan fingerprint density at radius 3 is 2.45 bits per heavy atom. The molecule has 2 rings (SSSR count). The van der Waals surface area contributed by atoms with Gasteiger partial charge in [0.2, 0.25) is 11.8 Å². The number of carbonyl (C=O) groups excluding carboxylic acids is 3. The number of nitrogens with zero attached hydrogens (tertiary/aromatic N) is 1. The van der Waals surface area contributed by atoms with Crippen LogP contribution in [0.4, 0.5) is 11.4 Å². The van der Waals surface area contributed by atoms with Gasteiger partial charge in [0.05, 0.1) is 0 Å². The van der Waals surface area contributed by atoms with E-state index in [-0.39, 0.29) is 12.1 Å². The number of nitrogens with two attached hydrogens (primary N) is 2. The number of piperazine rings is 1. The smallest absolute Gasteiger partial charge is 0.255 e. The van der Waals surface area contributed by atoms with Crippen molar-refractivity contribution in [3.63, 3.8) is 0 Å². The molecule has 7 heteroatoms. The van der Waals surface area contributed by atoms with Crippen LogP contribution in [0, 0.1) is 0 Å². The second-order valence-electron chi connectivity index (χ2n) is 4.66. The molecular weight excluding hydrogens is 260 g/mol. The van der Waals surface area contributed by atoms with Crippen LogP contribution in [-0.2, 0) is 9.59 Å². The number of nitrogens with one attached hydrogen (secondary N) is 1. The van der Waals surface area contributed by atoms with E-state index in [0.717, 1.165) is 0 Å². The Morgan fingerprint density at radius 1 is 1.30 bits per heavy atom. The number of rotatable bonds is 2. The number of benzene rings is 1. The normalized spacial score (nSPS) is 18.9. The largest absolute Gasteiger partial charge is 0.399 e. The molecule has 1 aliphatic heterocycles. The first-order chi connectivity index (χ1) is 9.42. The molecule has 7 nitrogen and oxygen atoms in total. The standard InChI is InChI=1S/C13H16N4O3/c1-2-10-12(19)16-11(18)6-17(10)13(20)7-3-8(14)5-9(15)4-7/h3-5,10H,2,6,14-15H2,1H3,(H,16,18,19). The lowest BCUT2D eigenvalue weighted by Crippen LogP contribution is -2.59. The first kappa shape index (κ1) is 13.9. The Kier molecular flexibility index (Phi) is 3.60. The number of anilines is 2. The summed E-state index contributed by atoms with van der Waals surface area (Å²) in [6, 6.07) is 3.82. The second kappa shape index (κ2) is 5.20. The van der Waals surface area contributed by atoms with Gasteiger partial charge in [-0.25, -0.2) is 0 Å². The van der Waals surface area contributed by atoms with Gasteiger partial charge in [-0.1, -0.05) is 6.92 Å². The molecule has 106 valence electrons. The van der Waals surface area contributed by atoms with Crippen LogP contribution in [0.5, 0.6) is 0 Å². The summed E-state index contributed by atoms with van der Waals surface area (Å²) in [5, 5.41) is 2.22. The molecule has 0 aliphatic carbocycles.